The Labute approximate surface area is 328 Å². The van der Waals surface area contributed by atoms with Crippen molar-refractivity contribution in [3.63, 3.8) is 0 Å². The molecule has 48 heavy (non-hydrogen) atoms. The van der Waals surface area contributed by atoms with Gasteiger partial charge in [-0.3, -0.25) is 9.59 Å². The van der Waals surface area contributed by atoms with Gasteiger partial charge in [0.15, 0.2) is 27.0 Å². The van der Waals surface area contributed by atoms with Crippen LogP contribution < -0.4 is 0 Å². The number of alkyl halides is 2. The summed E-state index contributed by atoms with van der Waals surface area (Å²) in [6, 6.07) is 9.82. The summed E-state index contributed by atoms with van der Waals surface area (Å²) in [5, 5.41) is 5.13. The molecule has 256 valence electrons. The lowest BCUT2D eigenvalue weighted by atomic mass is 10.2. The molecule has 0 radical (unpaired) electrons. The van der Waals surface area contributed by atoms with Crippen molar-refractivity contribution in [2.24, 2.45) is 0 Å². The molecule has 0 aliphatic carbocycles. The molecule has 2 fully saturated rings. The molecule has 2 aromatic carbocycles. The molecule has 2 aliphatic heterocycles. The predicted octanol–water partition coefficient (Wildman–Crippen LogP) is 7.36. The Bertz CT molecular complexity index is 1930. The van der Waals surface area contributed by atoms with E-state index < -0.39 is 27.0 Å². The largest absolute Gasteiger partial charge is 0.335 e. The van der Waals surface area contributed by atoms with E-state index in [0.29, 0.717) is 40.1 Å². The molecule has 2 aliphatic rings. The first kappa shape index (κ1) is 38.3. The average Bonchev–Trinajstić information content (AvgIpc) is 3.79. The van der Waals surface area contributed by atoms with E-state index in [4.69, 9.17) is 23.2 Å². The van der Waals surface area contributed by atoms with E-state index in [-0.39, 0.29) is 49.5 Å². The van der Waals surface area contributed by atoms with Crippen LogP contribution in [0.1, 0.15) is 30.7 Å². The van der Waals surface area contributed by atoms with Crippen LogP contribution >= 0.6 is 110 Å². The van der Waals surface area contributed by atoms with Crippen molar-refractivity contribution in [3.8, 4) is 0 Å². The van der Waals surface area contributed by atoms with Crippen molar-refractivity contribution >= 4 is 141 Å². The Hall–Kier alpha value is -0.960. The third kappa shape index (κ3) is 7.62. The summed E-state index contributed by atoms with van der Waals surface area (Å²) in [5.41, 5.74) is 0.827. The van der Waals surface area contributed by atoms with Crippen molar-refractivity contribution in [1.82, 2.24) is 19.8 Å². The highest BCUT2D eigenvalue weighted by molar-refractivity contribution is 9.11. The molecule has 6 rings (SSSR count). The Kier molecular flexibility index (Phi) is 11.9. The third-order valence-corrected chi connectivity index (χ3v) is 20.8. The minimum absolute atomic E-state index is 0.00460. The zero-order valence-corrected chi connectivity index (χ0v) is 35.3. The van der Waals surface area contributed by atoms with Gasteiger partial charge in [0.05, 0.1) is 34.6 Å². The number of amides is 2. The standard InChI is InChI=1S/2C14H11Br2ClN2O3S2/c2*15-10-2-1-9(7-11(10)17)12(20)19-4-6-24(21,22)14(16,8-19)13-18-3-5-23-13/h2*1-3,5,7H,4,6,8H2/t2*14-/m10/s1. The van der Waals surface area contributed by atoms with Gasteiger partial charge in [0, 0.05) is 56.3 Å². The highest BCUT2D eigenvalue weighted by Gasteiger charge is 2.51. The van der Waals surface area contributed by atoms with Crippen LogP contribution in [-0.4, -0.2) is 86.1 Å². The maximum atomic E-state index is 12.8. The molecule has 0 saturated carbocycles. The summed E-state index contributed by atoms with van der Waals surface area (Å²) in [5.74, 6) is -0.791. The van der Waals surface area contributed by atoms with E-state index in [1.54, 1.807) is 59.6 Å². The maximum Gasteiger partial charge on any atom is 0.254 e. The molecule has 0 spiro atoms. The van der Waals surface area contributed by atoms with Crippen LogP contribution in [0.2, 0.25) is 10.0 Å². The number of benzene rings is 2. The van der Waals surface area contributed by atoms with Crippen molar-refractivity contribution in [2.45, 2.75) is 7.31 Å². The summed E-state index contributed by atoms with van der Waals surface area (Å²) < 4.78 is 48.9. The number of carbonyl (C=O) groups is 2. The Morgan fingerprint density at radius 3 is 1.40 bits per heavy atom. The fraction of sp³-hybridized carbons (Fsp3) is 0.286. The number of nitrogens with zero attached hydrogens (tertiary/aromatic N) is 4. The van der Waals surface area contributed by atoms with Crippen LogP contribution in [0.4, 0.5) is 0 Å². The molecule has 2 atom stereocenters. The second-order valence-corrected chi connectivity index (χ2v) is 23.2. The Morgan fingerprint density at radius 1 is 0.708 bits per heavy atom. The van der Waals surface area contributed by atoms with Crippen molar-refractivity contribution < 1.29 is 26.4 Å². The molecule has 0 unspecified atom stereocenters. The topological polar surface area (TPSA) is 135 Å². The van der Waals surface area contributed by atoms with Crippen LogP contribution in [0.15, 0.2) is 68.5 Å². The van der Waals surface area contributed by atoms with Gasteiger partial charge >= 0.3 is 0 Å². The Balaban J connectivity index is 0.000000188. The first-order valence-corrected chi connectivity index (χ1v) is 22.6. The summed E-state index contributed by atoms with van der Waals surface area (Å²) in [7, 11) is -6.94. The molecule has 0 bridgehead atoms. The average molecular weight is 1030 g/mol. The predicted molar refractivity (Wildman–Crippen MR) is 203 cm³/mol. The van der Waals surface area contributed by atoms with Gasteiger partial charge in [0.1, 0.15) is 10.0 Å². The lowest BCUT2D eigenvalue weighted by molar-refractivity contribution is 0.0746. The zero-order valence-electron chi connectivity index (χ0n) is 24.2. The van der Waals surface area contributed by atoms with E-state index in [1.807, 2.05) is 0 Å². The summed E-state index contributed by atoms with van der Waals surface area (Å²) >= 11 is 27.8. The van der Waals surface area contributed by atoms with Gasteiger partial charge in [0.25, 0.3) is 11.8 Å². The molecule has 4 heterocycles. The van der Waals surface area contributed by atoms with Gasteiger partial charge in [-0.25, -0.2) is 26.8 Å². The second-order valence-electron chi connectivity index (χ2n) is 10.5. The molecule has 0 N–H and O–H groups in total. The van der Waals surface area contributed by atoms with E-state index >= 15 is 0 Å². The lowest BCUT2D eigenvalue weighted by Crippen LogP contribution is -2.52. The lowest BCUT2D eigenvalue weighted by Gasteiger charge is -2.37. The highest BCUT2D eigenvalue weighted by Crippen LogP contribution is 2.43. The smallest absolute Gasteiger partial charge is 0.254 e. The fourth-order valence-electron chi connectivity index (χ4n) is 4.82. The number of hydrogen-bond acceptors (Lipinski definition) is 10. The number of aromatic nitrogens is 2. The quantitative estimate of drug-likeness (QED) is 0.194. The number of halogens is 6. The minimum atomic E-state index is -3.47. The van der Waals surface area contributed by atoms with Gasteiger partial charge in [-0.1, -0.05) is 55.1 Å². The van der Waals surface area contributed by atoms with Crippen LogP contribution in [0.5, 0.6) is 0 Å². The van der Waals surface area contributed by atoms with E-state index in [2.05, 4.69) is 73.7 Å². The van der Waals surface area contributed by atoms with Crippen LogP contribution in [0.25, 0.3) is 0 Å². The second kappa shape index (κ2) is 14.9. The summed E-state index contributed by atoms with van der Waals surface area (Å²) in [6.45, 7) is 0.256. The highest BCUT2D eigenvalue weighted by atomic mass is 79.9. The number of thiazole rings is 2. The summed E-state index contributed by atoms with van der Waals surface area (Å²) in [6.07, 6.45) is 3.10. The van der Waals surface area contributed by atoms with E-state index in [1.165, 1.54) is 32.5 Å². The SMILES string of the molecule is O=C(c1ccc(Br)c(Cl)c1)N1CCS(=O)(=O)[C@@](Br)(c2nccs2)C1.O=C(c1ccc(Br)c(Cl)c1)N1CCS(=O)(=O)[C@](Br)(c2nccs2)C1. The molecule has 2 amide bonds. The number of hydrogen-bond donors (Lipinski definition) is 0. The number of rotatable bonds is 4. The third-order valence-electron chi connectivity index (χ3n) is 7.45. The molecule has 10 nitrogen and oxygen atoms in total. The molecule has 2 aromatic heterocycles. The number of carbonyl (C=O) groups excluding carboxylic acids is 2. The van der Waals surface area contributed by atoms with E-state index in [9.17, 15) is 26.4 Å². The monoisotopic (exact) mass is 1020 g/mol. The number of sulfone groups is 2. The zero-order chi connectivity index (χ0) is 35.1. The fourth-order valence-corrected chi connectivity index (χ4v) is 13.2. The van der Waals surface area contributed by atoms with Crippen LogP contribution in [0.3, 0.4) is 0 Å². The van der Waals surface area contributed by atoms with Gasteiger partial charge < -0.3 is 9.80 Å². The first-order chi connectivity index (χ1) is 22.5. The van der Waals surface area contributed by atoms with Crippen molar-refractivity contribution in [1.29, 1.82) is 0 Å². The maximum absolute atomic E-state index is 12.8. The van der Waals surface area contributed by atoms with Gasteiger partial charge in [-0.2, -0.15) is 0 Å². The first-order valence-electron chi connectivity index (χ1n) is 13.6. The molecule has 4 aromatic rings. The molecule has 20 heteroatoms. The van der Waals surface area contributed by atoms with Gasteiger partial charge in [-0.05, 0) is 68.3 Å². The van der Waals surface area contributed by atoms with Crippen LogP contribution in [-0.2, 0) is 27.0 Å². The normalized spacial score (nSPS) is 23.2. The van der Waals surface area contributed by atoms with Crippen molar-refractivity contribution in [2.75, 3.05) is 37.7 Å². The van der Waals surface area contributed by atoms with Gasteiger partial charge in [-0.15, -0.1) is 22.7 Å². The minimum Gasteiger partial charge on any atom is -0.335 e. The van der Waals surface area contributed by atoms with Crippen LogP contribution in [0, 0.1) is 0 Å². The van der Waals surface area contributed by atoms with Gasteiger partial charge in [0.2, 0.25) is 0 Å². The molecule has 2 saturated heterocycles. The Morgan fingerprint density at radius 2 is 1.08 bits per heavy atom. The summed E-state index contributed by atoms with van der Waals surface area (Å²) in [4.78, 5) is 36.8. The van der Waals surface area contributed by atoms with Crippen molar-refractivity contribution in [3.05, 3.63) is 99.7 Å². The molecular weight excluding hydrogens is 1010 g/mol. The van der Waals surface area contributed by atoms with E-state index in [0.717, 1.165) is 0 Å². The molecular formula is C28H22Br4Cl2N4O6S4.